The molecule has 0 saturated heterocycles. The number of nitrogens with zero attached hydrogens (tertiary/aromatic N) is 1. The fourth-order valence-corrected chi connectivity index (χ4v) is 3.24. The van der Waals surface area contributed by atoms with Gasteiger partial charge in [0.2, 0.25) is 0 Å². The van der Waals surface area contributed by atoms with Crippen molar-refractivity contribution in [2.24, 2.45) is 0 Å². The van der Waals surface area contributed by atoms with Crippen molar-refractivity contribution in [2.75, 3.05) is 11.1 Å². The predicted molar refractivity (Wildman–Crippen MR) is 103 cm³/mol. The average molecular weight is 389 g/mol. The zero-order chi connectivity index (χ0) is 20.0. The molecule has 0 aliphatic heterocycles. The normalized spacial score (nSPS) is 11.8. The number of nitrogens with two attached hydrogens (primary N) is 1. The first kappa shape index (κ1) is 20.5. The molecule has 1 aromatic carbocycles. The van der Waals surface area contributed by atoms with Crippen LogP contribution in [0, 0.1) is 6.92 Å². The van der Waals surface area contributed by atoms with Crippen LogP contribution < -0.4 is 21.7 Å². The molecule has 1 atom stereocenters. The molecule has 1 aromatic heterocycles. The number of hydrogen-bond acceptors (Lipinski definition) is 7. The van der Waals surface area contributed by atoms with Crippen molar-refractivity contribution in [3.63, 3.8) is 0 Å². The molecule has 4 N–H and O–H groups in total. The van der Waals surface area contributed by atoms with Gasteiger partial charge in [0.1, 0.15) is 5.69 Å². The number of carbonyl (C=O) groups is 2. The average Bonchev–Trinajstić information content (AvgIpc) is 2.61. The van der Waals surface area contributed by atoms with E-state index in [0.717, 1.165) is 23.7 Å². The zero-order valence-corrected chi connectivity index (χ0v) is 15.9. The highest BCUT2D eigenvalue weighted by Gasteiger charge is 2.17. The van der Waals surface area contributed by atoms with Crippen LogP contribution in [0.25, 0.3) is 0 Å². The standard InChI is InChI=1S/C18H22N4O4S/c1-3-4-5-12(17(25)26)27-18-21-14(19)13(16(24)22-18)20-15(23)11-8-6-10(2)7-9-11/h6-9,12H,3-5H2,1-2H3,(H,20,23)(H,25,26)(H3,19,21,22,24)/p-1/t12-/m0/s1. The van der Waals surface area contributed by atoms with E-state index in [1.165, 1.54) is 0 Å². The number of H-pyrrole nitrogens is 1. The van der Waals surface area contributed by atoms with Crippen molar-refractivity contribution >= 4 is 35.1 Å². The summed E-state index contributed by atoms with van der Waals surface area (Å²) < 4.78 is 0. The Hall–Kier alpha value is -2.81. The number of nitrogens with one attached hydrogen (secondary N) is 2. The number of aromatic amines is 1. The molecule has 0 saturated carbocycles. The van der Waals surface area contributed by atoms with E-state index in [9.17, 15) is 19.5 Å². The third-order valence-electron chi connectivity index (χ3n) is 3.81. The molecule has 0 aliphatic rings. The van der Waals surface area contributed by atoms with Gasteiger partial charge in [0.15, 0.2) is 11.0 Å². The maximum Gasteiger partial charge on any atom is 0.277 e. The predicted octanol–water partition coefficient (Wildman–Crippen LogP) is 1.31. The van der Waals surface area contributed by atoms with Crippen LogP contribution in [-0.2, 0) is 4.79 Å². The Labute approximate surface area is 160 Å². The lowest BCUT2D eigenvalue weighted by Gasteiger charge is -2.17. The van der Waals surface area contributed by atoms with E-state index in [0.29, 0.717) is 18.4 Å². The highest BCUT2D eigenvalue weighted by Crippen LogP contribution is 2.24. The number of carboxylic acid groups (broad SMARTS) is 1. The first-order valence-corrected chi connectivity index (χ1v) is 9.35. The van der Waals surface area contributed by atoms with E-state index in [2.05, 4.69) is 15.3 Å². The topological polar surface area (TPSA) is 141 Å². The summed E-state index contributed by atoms with van der Waals surface area (Å²) in [6, 6.07) is 6.81. The smallest absolute Gasteiger partial charge is 0.277 e. The molecule has 0 radical (unpaired) electrons. The molecule has 0 bridgehead atoms. The second-order valence-corrected chi connectivity index (χ2v) is 7.21. The Kier molecular flexibility index (Phi) is 7.00. The number of aromatic nitrogens is 2. The SMILES string of the molecule is CCCC[C@H](Sc1nc(N)c(NC(=O)c2ccc(C)cc2)c(=O)[nH]1)C(=O)[O-]. The number of amides is 1. The lowest BCUT2D eigenvalue weighted by Crippen LogP contribution is -2.34. The number of rotatable bonds is 8. The van der Waals surface area contributed by atoms with Gasteiger partial charge in [-0.3, -0.25) is 14.6 Å². The summed E-state index contributed by atoms with van der Waals surface area (Å²) in [6.07, 6.45) is 1.93. The first-order chi connectivity index (χ1) is 12.8. The first-order valence-electron chi connectivity index (χ1n) is 8.47. The summed E-state index contributed by atoms with van der Waals surface area (Å²) in [5.41, 5.74) is 6.34. The summed E-state index contributed by atoms with van der Waals surface area (Å²) in [5.74, 6) is -1.91. The molecule has 1 amide bonds. The fraction of sp³-hybridized carbons (Fsp3) is 0.333. The van der Waals surface area contributed by atoms with Crippen LogP contribution in [0.5, 0.6) is 0 Å². The van der Waals surface area contributed by atoms with Gasteiger partial charge in [-0.2, -0.15) is 0 Å². The molecule has 2 rings (SSSR count). The molecular weight excluding hydrogens is 368 g/mol. The highest BCUT2D eigenvalue weighted by atomic mass is 32.2. The summed E-state index contributed by atoms with van der Waals surface area (Å²) in [6.45, 7) is 3.84. The van der Waals surface area contributed by atoms with Crippen LogP contribution in [0.2, 0.25) is 0 Å². The van der Waals surface area contributed by atoms with Crippen molar-refractivity contribution in [2.45, 2.75) is 43.5 Å². The number of anilines is 2. The number of aryl methyl sites for hydroxylation is 1. The number of benzene rings is 1. The van der Waals surface area contributed by atoms with Gasteiger partial charge in [0.05, 0.1) is 11.2 Å². The van der Waals surface area contributed by atoms with E-state index in [4.69, 9.17) is 5.73 Å². The maximum atomic E-state index is 12.3. The Balaban J connectivity index is 2.18. The van der Waals surface area contributed by atoms with Crippen molar-refractivity contribution in [3.8, 4) is 0 Å². The van der Waals surface area contributed by atoms with E-state index >= 15 is 0 Å². The van der Waals surface area contributed by atoms with Crippen LogP contribution in [-0.4, -0.2) is 27.1 Å². The van der Waals surface area contributed by atoms with Crippen LogP contribution in [0.3, 0.4) is 0 Å². The second kappa shape index (κ2) is 9.22. The van der Waals surface area contributed by atoms with Gasteiger partial charge in [-0.1, -0.05) is 49.2 Å². The van der Waals surface area contributed by atoms with Crippen LogP contribution in [0.15, 0.2) is 34.2 Å². The van der Waals surface area contributed by atoms with Gasteiger partial charge in [-0.05, 0) is 25.5 Å². The zero-order valence-electron chi connectivity index (χ0n) is 15.1. The number of nitrogen functional groups attached to an aromatic ring is 1. The molecule has 0 aliphatic carbocycles. The number of carboxylic acids is 1. The van der Waals surface area contributed by atoms with Crippen LogP contribution >= 0.6 is 11.8 Å². The monoisotopic (exact) mass is 389 g/mol. The Bertz CT molecular complexity index is 880. The summed E-state index contributed by atoms with van der Waals surface area (Å²) in [5, 5.41) is 12.9. The van der Waals surface area contributed by atoms with Crippen LogP contribution in [0.4, 0.5) is 11.5 Å². The molecule has 144 valence electrons. The number of hydrogen-bond donors (Lipinski definition) is 3. The van der Waals surface area contributed by atoms with Crippen LogP contribution in [0.1, 0.15) is 42.1 Å². The molecule has 27 heavy (non-hydrogen) atoms. The minimum absolute atomic E-state index is 0.0659. The molecule has 2 aromatic rings. The lowest BCUT2D eigenvalue weighted by molar-refractivity contribution is -0.304. The summed E-state index contributed by atoms with van der Waals surface area (Å²) in [7, 11) is 0. The molecule has 0 fully saturated rings. The Morgan fingerprint density at radius 3 is 2.56 bits per heavy atom. The van der Waals surface area contributed by atoms with Gasteiger partial charge in [0, 0.05) is 5.56 Å². The largest absolute Gasteiger partial charge is 0.549 e. The van der Waals surface area contributed by atoms with E-state index in [-0.39, 0.29) is 16.7 Å². The summed E-state index contributed by atoms with van der Waals surface area (Å²) in [4.78, 5) is 42.2. The van der Waals surface area contributed by atoms with Crippen molar-refractivity contribution in [1.29, 1.82) is 0 Å². The maximum absolute atomic E-state index is 12.3. The van der Waals surface area contributed by atoms with Gasteiger partial charge in [0.25, 0.3) is 11.5 Å². The van der Waals surface area contributed by atoms with E-state index in [1.807, 2.05) is 13.8 Å². The van der Waals surface area contributed by atoms with E-state index < -0.39 is 22.7 Å². The number of thioether (sulfide) groups is 1. The number of carbonyl (C=O) groups excluding carboxylic acids is 2. The molecule has 0 spiro atoms. The fourth-order valence-electron chi connectivity index (χ4n) is 2.29. The van der Waals surface area contributed by atoms with Crippen molar-refractivity contribution in [3.05, 3.63) is 45.7 Å². The quantitative estimate of drug-likeness (QED) is 0.456. The van der Waals surface area contributed by atoms with E-state index in [1.54, 1.807) is 24.3 Å². The molecule has 1 heterocycles. The minimum Gasteiger partial charge on any atom is -0.549 e. The van der Waals surface area contributed by atoms with Gasteiger partial charge in [-0.25, -0.2) is 4.98 Å². The number of unbranched alkanes of at least 4 members (excludes halogenated alkanes) is 1. The van der Waals surface area contributed by atoms with Crippen molar-refractivity contribution in [1.82, 2.24) is 9.97 Å². The minimum atomic E-state index is -1.23. The highest BCUT2D eigenvalue weighted by molar-refractivity contribution is 8.00. The van der Waals surface area contributed by atoms with Gasteiger partial charge in [-0.15, -0.1) is 0 Å². The summed E-state index contributed by atoms with van der Waals surface area (Å²) >= 11 is 0.869. The Morgan fingerprint density at radius 2 is 2.00 bits per heavy atom. The Morgan fingerprint density at radius 1 is 1.33 bits per heavy atom. The molecule has 8 nitrogen and oxygen atoms in total. The third-order valence-corrected chi connectivity index (χ3v) is 4.94. The second-order valence-electron chi connectivity index (χ2n) is 6.02. The molecule has 0 unspecified atom stereocenters. The molecule has 9 heteroatoms. The third kappa shape index (κ3) is 5.58. The lowest BCUT2D eigenvalue weighted by atomic mass is 10.1. The van der Waals surface area contributed by atoms with Crippen molar-refractivity contribution < 1.29 is 14.7 Å². The van der Waals surface area contributed by atoms with Gasteiger partial charge < -0.3 is 21.0 Å². The number of aliphatic carboxylic acids is 1. The van der Waals surface area contributed by atoms with Gasteiger partial charge >= 0.3 is 0 Å². The molecular formula is C18H21N4O4S-.